The van der Waals surface area contributed by atoms with Gasteiger partial charge >= 0.3 is 0 Å². The largest absolute Gasteiger partial charge is 0.312 e. The number of anilines is 1. The Hall–Kier alpha value is -2.20. The first-order chi connectivity index (χ1) is 12.2. The average molecular weight is 338 g/mol. The Bertz CT molecular complexity index is 735. The van der Waals surface area contributed by atoms with Gasteiger partial charge in [0, 0.05) is 31.2 Å². The second-order valence-corrected chi connectivity index (χ2v) is 7.11. The molecular weight excluding hydrogens is 315 g/mol. The highest BCUT2D eigenvalue weighted by molar-refractivity contribution is 5.95. The predicted molar refractivity (Wildman–Crippen MR) is 97.0 cm³/mol. The van der Waals surface area contributed by atoms with Gasteiger partial charge in [0.15, 0.2) is 0 Å². The van der Waals surface area contributed by atoms with Gasteiger partial charge in [-0.05, 0) is 60.6 Å². The van der Waals surface area contributed by atoms with Crippen molar-refractivity contribution in [3.05, 3.63) is 65.5 Å². The van der Waals surface area contributed by atoms with E-state index in [4.69, 9.17) is 0 Å². The number of nitrogens with zero attached hydrogens (tertiary/aromatic N) is 1. The summed E-state index contributed by atoms with van der Waals surface area (Å²) in [5.41, 5.74) is 3.48. The molecule has 2 aliphatic rings. The molecule has 4 rings (SSSR count). The third-order valence-electron chi connectivity index (χ3n) is 5.40. The minimum atomic E-state index is -0.170. The molecule has 0 atom stereocenters. The van der Waals surface area contributed by atoms with E-state index in [-0.39, 0.29) is 11.7 Å². The quantitative estimate of drug-likeness (QED) is 0.894. The van der Waals surface area contributed by atoms with Crippen LogP contribution in [-0.2, 0) is 11.3 Å². The maximum absolute atomic E-state index is 13.0. The fourth-order valence-electron chi connectivity index (χ4n) is 3.77. The second kappa shape index (κ2) is 6.96. The third-order valence-corrected chi connectivity index (χ3v) is 5.40. The van der Waals surface area contributed by atoms with E-state index in [1.54, 1.807) is 12.1 Å². The first kappa shape index (κ1) is 16.3. The minimum Gasteiger partial charge on any atom is -0.312 e. The van der Waals surface area contributed by atoms with E-state index in [2.05, 4.69) is 17.4 Å². The summed E-state index contributed by atoms with van der Waals surface area (Å²) >= 11 is 0. The van der Waals surface area contributed by atoms with Crippen LogP contribution in [0.2, 0.25) is 0 Å². The van der Waals surface area contributed by atoms with Crippen LogP contribution >= 0.6 is 0 Å². The van der Waals surface area contributed by atoms with Crippen molar-refractivity contribution in [1.29, 1.82) is 0 Å². The number of amides is 1. The maximum atomic E-state index is 13.0. The van der Waals surface area contributed by atoms with Crippen molar-refractivity contribution >= 4 is 11.6 Å². The van der Waals surface area contributed by atoms with Crippen LogP contribution in [-0.4, -0.2) is 18.5 Å². The molecule has 2 aromatic carbocycles. The number of carbonyl (C=O) groups is 1. The summed E-state index contributed by atoms with van der Waals surface area (Å²) in [6.07, 6.45) is 3.83. The highest BCUT2D eigenvalue weighted by Crippen LogP contribution is 2.37. The summed E-state index contributed by atoms with van der Waals surface area (Å²) in [5.74, 6) is 0.602. The van der Waals surface area contributed by atoms with E-state index in [1.807, 2.05) is 29.2 Å². The van der Waals surface area contributed by atoms with E-state index >= 15 is 0 Å². The van der Waals surface area contributed by atoms with Crippen LogP contribution in [0.1, 0.15) is 42.7 Å². The summed E-state index contributed by atoms with van der Waals surface area (Å²) in [4.78, 5) is 13.7. The first-order valence-corrected chi connectivity index (χ1v) is 9.07. The molecule has 0 radical (unpaired) electrons. The Balaban J connectivity index is 1.25. The highest BCUT2D eigenvalue weighted by atomic mass is 19.1. The van der Waals surface area contributed by atoms with Crippen molar-refractivity contribution in [2.24, 2.45) is 0 Å². The van der Waals surface area contributed by atoms with Gasteiger partial charge in [-0.25, -0.2) is 4.39 Å². The molecule has 4 heteroatoms. The van der Waals surface area contributed by atoms with Gasteiger partial charge in [-0.1, -0.05) is 24.3 Å². The van der Waals surface area contributed by atoms with Crippen molar-refractivity contribution in [3.8, 4) is 0 Å². The average Bonchev–Trinajstić information content (AvgIpc) is 3.02. The third kappa shape index (κ3) is 3.59. The summed E-state index contributed by atoms with van der Waals surface area (Å²) < 4.78 is 13.0. The van der Waals surface area contributed by atoms with Gasteiger partial charge in [0.25, 0.3) is 0 Å². The molecule has 1 saturated carbocycles. The molecule has 1 amide bonds. The summed E-state index contributed by atoms with van der Waals surface area (Å²) in [7, 11) is 0. The van der Waals surface area contributed by atoms with Crippen LogP contribution < -0.4 is 10.2 Å². The molecule has 1 N–H and O–H groups in total. The van der Waals surface area contributed by atoms with Crippen molar-refractivity contribution in [3.63, 3.8) is 0 Å². The molecule has 25 heavy (non-hydrogen) atoms. The lowest BCUT2D eigenvalue weighted by atomic mass is 9.76. The lowest BCUT2D eigenvalue weighted by Crippen LogP contribution is -2.39. The Labute approximate surface area is 147 Å². The molecule has 1 aliphatic carbocycles. The van der Waals surface area contributed by atoms with Crippen LogP contribution in [0.15, 0.2) is 48.5 Å². The van der Waals surface area contributed by atoms with Gasteiger partial charge in [0.05, 0.1) is 0 Å². The Morgan fingerprint density at radius 2 is 1.76 bits per heavy atom. The van der Waals surface area contributed by atoms with E-state index < -0.39 is 0 Å². The summed E-state index contributed by atoms with van der Waals surface area (Å²) in [6, 6.07) is 15.7. The Morgan fingerprint density at radius 3 is 2.40 bits per heavy atom. The SMILES string of the molecule is O=C1CCCN1c1ccc(CNC2CC(c3ccc(F)cc3)C2)cc1. The van der Waals surface area contributed by atoms with Gasteiger partial charge in [0.2, 0.25) is 5.91 Å². The van der Waals surface area contributed by atoms with Crippen LogP contribution in [0.4, 0.5) is 10.1 Å². The standard InChI is InChI=1S/C21H23FN2O/c22-18-7-5-16(6-8-18)17-12-19(13-17)23-14-15-3-9-20(10-4-15)24-11-1-2-21(24)25/h3-10,17,19,23H,1-2,11-14H2. The molecule has 2 aromatic rings. The molecule has 3 nitrogen and oxygen atoms in total. The van der Waals surface area contributed by atoms with Crippen LogP contribution in [0, 0.1) is 5.82 Å². The molecular formula is C21H23FN2O. The number of hydrogen-bond donors (Lipinski definition) is 1. The molecule has 0 spiro atoms. The van der Waals surface area contributed by atoms with Crippen LogP contribution in [0.25, 0.3) is 0 Å². The monoisotopic (exact) mass is 338 g/mol. The van der Waals surface area contributed by atoms with Gasteiger partial charge in [-0.3, -0.25) is 4.79 Å². The zero-order valence-electron chi connectivity index (χ0n) is 14.2. The van der Waals surface area contributed by atoms with Crippen molar-refractivity contribution in [1.82, 2.24) is 5.32 Å². The van der Waals surface area contributed by atoms with Gasteiger partial charge in [0.1, 0.15) is 5.82 Å². The van der Waals surface area contributed by atoms with E-state index in [1.165, 1.54) is 11.1 Å². The fraction of sp³-hybridized carbons (Fsp3) is 0.381. The first-order valence-electron chi connectivity index (χ1n) is 9.07. The lowest BCUT2D eigenvalue weighted by Gasteiger charge is -2.36. The topological polar surface area (TPSA) is 32.3 Å². The highest BCUT2D eigenvalue weighted by Gasteiger charge is 2.29. The summed E-state index contributed by atoms with van der Waals surface area (Å²) in [6.45, 7) is 1.68. The number of nitrogens with one attached hydrogen (secondary N) is 1. The number of halogens is 1. The van der Waals surface area contributed by atoms with Crippen LogP contribution in [0.3, 0.4) is 0 Å². The number of carbonyl (C=O) groups excluding carboxylic acids is 1. The normalized spacial score (nSPS) is 22.9. The number of benzene rings is 2. The smallest absolute Gasteiger partial charge is 0.227 e. The Morgan fingerprint density at radius 1 is 1.04 bits per heavy atom. The zero-order valence-corrected chi connectivity index (χ0v) is 14.2. The van der Waals surface area contributed by atoms with Gasteiger partial charge < -0.3 is 10.2 Å². The van der Waals surface area contributed by atoms with Crippen molar-refractivity contribution in [2.45, 2.75) is 44.2 Å². The van der Waals surface area contributed by atoms with Gasteiger partial charge in [-0.2, -0.15) is 0 Å². The van der Waals surface area contributed by atoms with Crippen molar-refractivity contribution in [2.75, 3.05) is 11.4 Å². The second-order valence-electron chi connectivity index (χ2n) is 7.11. The minimum absolute atomic E-state index is 0.170. The van der Waals surface area contributed by atoms with E-state index in [0.717, 1.165) is 38.0 Å². The molecule has 0 aromatic heterocycles. The van der Waals surface area contributed by atoms with E-state index in [9.17, 15) is 9.18 Å². The molecule has 130 valence electrons. The predicted octanol–water partition coefficient (Wildman–Crippen LogP) is 3.99. The molecule has 0 bridgehead atoms. The summed E-state index contributed by atoms with van der Waals surface area (Å²) in [5, 5.41) is 3.59. The molecule has 1 aliphatic heterocycles. The molecule has 2 fully saturated rings. The fourth-order valence-corrected chi connectivity index (χ4v) is 3.77. The number of rotatable bonds is 5. The molecule has 1 heterocycles. The Kier molecular flexibility index (Phi) is 4.53. The number of hydrogen-bond acceptors (Lipinski definition) is 2. The zero-order chi connectivity index (χ0) is 17.2. The van der Waals surface area contributed by atoms with Crippen molar-refractivity contribution < 1.29 is 9.18 Å². The van der Waals surface area contributed by atoms with Crippen LogP contribution in [0.5, 0.6) is 0 Å². The maximum Gasteiger partial charge on any atom is 0.227 e. The lowest BCUT2D eigenvalue weighted by molar-refractivity contribution is -0.117. The molecule has 0 unspecified atom stereocenters. The van der Waals surface area contributed by atoms with E-state index in [0.29, 0.717) is 18.4 Å². The molecule has 1 saturated heterocycles. The van der Waals surface area contributed by atoms with Gasteiger partial charge in [-0.15, -0.1) is 0 Å².